The zero-order valence-electron chi connectivity index (χ0n) is 16.5. The first-order chi connectivity index (χ1) is 12.4. The molecule has 0 aliphatic heterocycles. The van der Waals surface area contributed by atoms with Crippen LogP contribution in [0.1, 0.15) is 43.6 Å². The van der Waals surface area contributed by atoms with E-state index in [0.29, 0.717) is 18.1 Å². The van der Waals surface area contributed by atoms with Crippen molar-refractivity contribution < 1.29 is 9.53 Å². The van der Waals surface area contributed by atoms with Gasteiger partial charge in [0.25, 0.3) is 5.91 Å². The number of nitrogens with one attached hydrogen (secondary N) is 1. The van der Waals surface area contributed by atoms with Crippen LogP contribution < -0.4 is 15.0 Å². The fourth-order valence-electron chi connectivity index (χ4n) is 2.73. The van der Waals surface area contributed by atoms with Crippen molar-refractivity contribution in [2.24, 2.45) is 5.92 Å². The van der Waals surface area contributed by atoms with Gasteiger partial charge in [0.05, 0.1) is 6.61 Å². The summed E-state index contributed by atoms with van der Waals surface area (Å²) < 4.78 is 5.66. The monoisotopic (exact) mass is 354 g/mol. The molecule has 26 heavy (non-hydrogen) atoms. The van der Waals surface area contributed by atoms with Crippen molar-refractivity contribution in [1.29, 1.82) is 0 Å². The van der Waals surface area contributed by atoms with Crippen LogP contribution in [-0.2, 0) is 0 Å². The molecule has 0 atom stereocenters. The van der Waals surface area contributed by atoms with Crippen LogP contribution in [0.5, 0.6) is 5.75 Å². The quantitative estimate of drug-likeness (QED) is 0.714. The van der Waals surface area contributed by atoms with Crippen LogP contribution in [0, 0.1) is 12.8 Å². The van der Waals surface area contributed by atoms with E-state index in [1.54, 1.807) is 12.1 Å². The Balaban J connectivity index is 2.05. The van der Waals surface area contributed by atoms with Crippen LogP contribution in [0.2, 0.25) is 0 Å². The Hall–Kier alpha value is -2.49. The van der Waals surface area contributed by atoms with Crippen molar-refractivity contribution in [2.45, 2.75) is 34.6 Å². The lowest BCUT2D eigenvalue weighted by Crippen LogP contribution is -2.22. The minimum Gasteiger partial charge on any atom is -0.493 e. The van der Waals surface area contributed by atoms with E-state index in [-0.39, 0.29) is 5.91 Å². The molecule has 0 radical (unpaired) electrons. The van der Waals surface area contributed by atoms with E-state index in [1.165, 1.54) is 5.69 Å². The highest BCUT2D eigenvalue weighted by Gasteiger charge is 2.10. The number of carbonyl (C=O) groups is 1. The Kier molecular flexibility index (Phi) is 7.07. The zero-order chi connectivity index (χ0) is 19.1. The predicted molar refractivity (Wildman–Crippen MR) is 109 cm³/mol. The van der Waals surface area contributed by atoms with Crippen molar-refractivity contribution in [3.05, 3.63) is 53.6 Å². The van der Waals surface area contributed by atoms with Gasteiger partial charge in [0.15, 0.2) is 0 Å². The van der Waals surface area contributed by atoms with Gasteiger partial charge >= 0.3 is 0 Å². The Morgan fingerprint density at radius 2 is 1.73 bits per heavy atom. The summed E-state index contributed by atoms with van der Waals surface area (Å²) in [6, 6.07) is 13.4. The second-order valence-electron chi connectivity index (χ2n) is 6.85. The highest BCUT2D eigenvalue weighted by atomic mass is 16.5. The van der Waals surface area contributed by atoms with Gasteiger partial charge in [-0.25, -0.2) is 0 Å². The minimum absolute atomic E-state index is 0.112. The van der Waals surface area contributed by atoms with Gasteiger partial charge in [0, 0.05) is 30.0 Å². The van der Waals surface area contributed by atoms with Gasteiger partial charge < -0.3 is 15.0 Å². The number of benzene rings is 2. The van der Waals surface area contributed by atoms with E-state index < -0.39 is 0 Å². The number of carbonyl (C=O) groups excluding carboxylic acids is 1. The highest BCUT2D eigenvalue weighted by Crippen LogP contribution is 2.23. The number of hydrogen-bond donors (Lipinski definition) is 1. The Morgan fingerprint density at radius 1 is 1.08 bits per heavy atom. The normalized spacial score (nSPS) is 10.7. The number of hydrogen-bond acceptors (Lipinski definition) is 3. The topological polar surface area (TPSA) is 41.6 Å². The lowest BCUT2D eigenvalue weighted by molar-refractivity contribution is 0.102. The summed E-state index contributed by atoms with van der Waals surface area (Å²) in [6.45, 7) is 13.1. The van der Waals surface area contributed by atoms with E-state index >= 15 is 0 Å². The molecule has 2 aromatic carbocycles. The minimum atomic E-state index is -0.112. The molecule has 0 saturated heterocycles. The summed E-state index contributed by atoms with van der Waals surface area (Å²) in [5.41, 5.74) is 3.69. The predicted octanol–water partition coefficient (Wildman–Crippen LogP) is 5.13. The summed E-state index contributed by atoms with van der Waals surface area (Å²) >= 11 is 0. The van der Waals surface area contributed by atoms with Crippen molar-refractivity contribution in [1.82, 2.24) is 0 Å². The molecule has 2 rings (SSSR count). The van der Waals surface area contributed by atoms with E-state index in [4.69, 9.17) is 4.74 Å². The van der Waals surface area contributed by atoms with E-state index in [9.17, 15) is 4.79 Å². The van der Waals surface area contributed by atoms with E-state index in [1.807, 2.05) is 25.1 Å². The van der Waals surface area contributed by atoms with Crippen LogP contribution in [0.15, 0.2) is 42.5 Å². The molecule has 0 aliphatic rings. The molecule has 0 spiro atoms. The number of amides is 1. The van der Waals surface area contributed by atoms with Crippen LogP contribution >= 0.6 is 0 Å². The molecule has 0 bridgehead atoms. The van der Waals surface area contributed by atoms with Crippen LogP contribution in [0.25, 0.3) is 0 Å². The number of nitrogens with zero attached hydrogens (tertiary/aromatic N) is 1. The van der Waals surface area contributed by atoms with Crippen molar-refractivity contribution >= 4 is 17.3 Å². The van der Waals surface area contributed by atoms with Crippen molar-refractivity contribution in [2.75, 3.05) is 29.9 Å². The number of rotatable bonds is 8. The molecule has 0 aliphatic carbocycles. The second-order valence-corrected chi connectivity index (χ2v) is 6.85. The fraction of sp³-hybridized carbons (Fsp3) is 0.409. The SMILES string of the molecule is CCN(CC)c1ccc(NC(=O)c2ccc(OCC(C)C)cc2)c(C)c1. The molecule has 0 heterocycles. The average molecular weight is 354 g/mol. The van der Waals surface area contributed by atoms with Gasteiger partial charge in [-0.15, -0.1) is 0 Å². The molecule has 4 heteroatoms. The number of aryl methyl sites for hydroxylation is 1. The molecule has 4 nitrogen and oxygen atoms in total. The summed E-state index contributed by atoms with van der Waals surface area (Å²) in [7, 11) is 0. The summed E-state index contributed by atoms with van der Waals surface area (Å²) in [5.74, 6) is 1.15. The summed E-state index contributed by atoms with van der Waals surface area (Å²) in [6.07, 6.45) is 0. The van der Waals surface area contributed by atoms with Gasteiger partial charge in [-0.05, 0) is 74.7 Å². The molecule has 1 N–H and O–H groups in total. The standard InChI is InChI=1S/C22H30N2O2/c1-6-24(7-2)19-10-13-21(17(5)14-19)23-22(25)18-8-11-20(12-9-18)26-15-16(3)4/h8-14,16H,6-7,15H2,1-5H3,(H,23,25). The van der Waals surface area contributed by atoms with Crippen molar-refractivity contribution in [3.63, 3.8) is 0 Å². The summed E-state index contributed by atoms with van der Waals surface area (Å²) in [4.78, 5) is 14.8. The molecule has 2 aromatic rings. The molecule has 0 aromatic heterocycles. The molecule has 0 unspecified atom stereocenters. The Bertz CT molecular complexity index is 719. The Morgan fingerprint density at radius 3 is 2.27 bits per heavy atom. The van der Waals surface area contributed by atoms with Crippen LogP contribution in [0.3, 0.4) is 0 Å². The zero-order valence-corrected chi connectivity index (χ0v) is 16.5. The van der Waals surface area contributed by atoms with Gasteiger partial charge in [0.2, 0.25) is 0 Å². The number of anilines is 2. The Labute approximate surface area is 157 Å². The first-order valence-electron chi connectivity index (χ1n) is 9.34. The summed E-state index contributed by atoms with van der Waals surface area (Å²) in [5, 5.41) is 3.00. The highest BCUT2D eigenvalue weighted by molar-refractivity contribution is 6.04. The second kappa shape index (κ2) is 9.27. The largest absolute Gasteiger partial charge is 0.493 e. The fourth-order valence-corrected chi connectivity index (χ4v) is 2.73. The van der Waals surface area contributed by atoms with Gasteiger partial charge in [-0.2, -0.15) is 0 Å². The lowest BCUT2D eigenvalue weighted by Gasteiger charge is -2.22. The maximum absolute atomic E-state index is 12.5. The molecule has 0 saturated carbocycles. The number of ether oxygens (including phenoxy) is 1. The lowest BCUT2D eigenvalue weighted by atomic mass is 10.1. The smallest absolute Gasteiger partial charge is 0.255 e. The van der Waals surface area contributed by atoms with Gasteiger partial charge in [0.1, 0.15) is 5.75 Å². The van der Waals surface area contributed by atoms with E-state index in [2.05, 4.69) is 50.0 Å². The molecular formula is C22H30N2O2. The average Bonchev–Trinajstić information content (AvgIpc) is 2.63. The van der Waals surface area contributed by atoms with E-state index in [0.717, 1.165) is 30.1 Å². The molecule has 140 valence electrons. The third-order valence-corrected chi connectivity index (χ3v) is 4.29. The molecule has 1 amide bonds. The molecule has 0 fully saturated rings. The van der Waals surface area contributed by atoms with Crippen molar-refractivity contribution in [3.8, 4) is 5.75 Å². The first-order valence-corrected chi connectivity index (χ1v) is 9.34. The maximum Gasteiger partial charge on any atom is 0.255 e. The van der Waals surface area contributed by atoms with Crippen LogP contribution in [0.4, 0.5) is 11.4 Å². The van der Waals surface area contributed by atoms with Crippen LogP contribution in [-0.4, -0.2) is 25.6 Å². The molecular weight excluding hydrogens is 324 g/mol. The maximum atomic E-state index is 12.5. The van der Waals surface area contributed by atoms with Gasteiger partial charge in [-0.1, -0.05) is 13.8 Å². The third-order valence-electron chi connectivity index (χ3n) is 4.29. The first kappa shape index (κ1) is 19.8. The van der Waals surface area contributed by atoms with Gasteiger partial charge in [-0.3, -0.25) is 4.79 Å². The third kappa shape index (κ3) is 5.25.